The molecule has 0 radical (unpaired) electrons. The predicted octanol–water partition coefficient (Wildman–Crippen LogP) is 0.877. The van der Waals surface area contributed by atoms with Crippen molar-refractivity contribution in [3.63, 3.8) is 0 Å². The lowest BCUT2D eigenvalue weighted by Crippen LogP contribution is -2.50. The van der Waals surface area contributed by atoms with E-state index in [9.17, 15) is 18.0 Å². The average molecular weight is 501 g/mol. The summed E-state index contributed by atoms with van der Waals surface area (Å²) in [5, 5.41) is 14.9. The van der Waals surface area contributed by atoms with Crippen LogP contribution in [-0.4, -0.2) is 62.8 Å². The molecule has 0 bridgehead atoms. The first-order valence-electron chi connectivity index (χ1n) is 11.9. The number of hydrogen-bond acceptors (Lipinski definition) is 5. The summed E-state index contributed by atoms with van der Waals surface area (Å²) in [7, 11) is -4.04. The topological polar surface area (TPSA) is 157 Å². The fraction of sp³-hybridized carbons (Fsp3) is 0.458. The van der Waals surface area contributed by atoms with Crippen LogP contribution < -0.4 is 21.1 Å². The van der Waals surface area contributed by atoms with E-state index < -0.39 is 27.9 Å². The van der Waals surface area contributed by atoms with E-state index in [1.54, 1.807) is 17.0 Å². The third-order valence-corrected chi connectivity index (χ3v) is 7.88. The second-order valence-electron chi connectivity index (χ2n) is 9.31. The highest BCUT2D eigenvalue weighted by Crippen LogP contribution is 2.21. The van der Waals surface area contributed by atoms with E-state index in [2.05, 4.69) is 15.4 Å². The SMILES string of the molecule is N=C(N)N1CCC[C@@H](CNC(=O)CC(NS(=O)(=O)c2ccc3ccccc3c2)C(=O)NC2CC2)C1. The fourth-order valence-electron chi connectivity index (χ4n) is 4.27. The Morgan fingerprint density at radius 2 is 1.86 bits per heavy atom. The highest BCUT2D eigenvalue weighted by Gasteiger charge is 2.32. The van der Waals surface area contributed by atoms with Crippen LogP contribution in [0.1, 0.15) is 32.1 Å². The minimum atomic E-state index is -4.04. The number of nitrogens with one attached hydrogen (secondary N) is 4. The maximum Gasteiger partial charge on any atom is 0.241 e. The molecule has 6 N–H and O–H groups in total. The van der Waals surface area contributed by atoms with Crippen LogP contribution in [0.5, 0.6) is 0 Å². The number of benzene rings is 2. The molecule has 2 amide bonds. The largest absolute Gasteiger partial charge is 0.370 e. The molecule has 2 aliphatic rings. The number of piperidine rings is 1. The van der Waals surface area contributed by atoms with Crippen LogP contribution in [0.25, 0.3) is 10.8 Å². The molecule has 2 aromatic carbocycles. The van der Waals surface area contributed by atoms with E-state index in [0.29, 0.717) is 13.1 Å². The first kappa shape index (κ1) is 24.9. The first-order chi connectivity index (χ1) is 16.7. The Balaban J connectivity index is 1.42. The van der Waals surface area contributed by atoms with Crippen molar-refractivity contribution < 1.29 is 18.0 Å². The Labute approximate surface area is 205 Å². The van der Waals surface area contributed by atoms with Gasteiger partial charge in [-0.15, -0.1) is 0 Å². The highest BCUT2D eigenvalue weighted by molar-refractivity contribution is 7.89. The quantitative estimate of drug-likeness (QED) is 0.254. The smallest absolute Gasteiger partial charge is 0.241 e. The molecular formula is C24H32N6O4S. The molecule has 1 aliphatic heterocycles. The molecule has 1 aliphatic carbocycles. The number of likely N-dealkylation sites (tertiary alicyclic amines) is 1. The number of nitrogens with zero attached hydrogens (tertiary/aromatic N) is 1. The van der Waals surface area contributed by atoms with Crippen LogP contribution >= 0.6 is 0 Å². The summed E-state index contributed by atoms with van der Waals surface area (Å²) in [4.78, 5) is 27.3. The van der Waals surface area contributed by atoms with Crippen molar-refractivity contribution in [1.82, 2.24) is 20.3 Å². The Morgan fingerprint density at radius 1 is 1.11 bits per heavy atom. The van der Waals surface area contributed by atoms with E-state index in [0.717, 1.165) is 43.0 Å². The molecule has 4 rings (SSSR count). The molecule has 0 spiro atoms. The summed E-state index contributed by atoms with van der Waals surface area (Å²) in [5.74, 6) is -0.778. The molecule has 1 unspecified atom stereocenters. The summed E-state index contributed by atoms with van der Waals surface area (Å²) in [6, 6.07) is 11.0. The Bertz CT molecular complexity index is 1210. The van der Waals surface area contributed by atoms with Crippen molar-refractivity contribution >= 4 is 38.6 Å². The van der Waals surface area contributed by atoms with Crippen molar-refractivity contribution in [2.45, 2.75) is 49.1 Å². The maximum absolute atomic E-state index is 13.1. The van der Waals surface area contributed by atoms with E-state index >= 15 is 0 Å². The van der Waals surface area contributed by atoms with Crippen molar-refractivity contribution in [1.29, 1.82) is 5.41 Å². The van der Waals surface area contributed by atoms with Crippen molar-refractivity contribution in [3.05, 3.63) is 42.5 Å². The molecule has 1 saturated heterocycles. The molecule has 10 nitrogen and oxygen atoms in total. The van der Waals surface area contributed by atoms with Crippen LogP contribution in [0.15, 0.2) is 47.4 Å². The first-order valence-corrected chi connectivity index (χ1v) is 13.4. The van der Waals surface area contributed by atoms with E-state index in [-0.39, 0.29) is 29.2 Å². The van der Waals surface area contributed by atoms with Gasteiger partial charge in [0.2, 0.25) is 21.8 Å². The number of fused-ring (bicyclic) bond motifs is 1. The van der Waals surface area contributed by atoms with Gasteiger partial charge in [0.25, 0.3) is 0 Å². The zero-order chi connectivity index (χ0) is 25.0. The molecule has 2 aromatic rings. The van der Waals surface area contributed by atoms with Gasteiger partial charge in [0, 0.05) is 25.7 Å². The molecule has 2 fully saturated rings. The minimum absolute atomic E-state index is 0.0148. The fourth-order valence-corrected chi connectivity index (χ4v) is 5.50. The molecule has 0 aromatic heterocycles. The summed E-state index contributed by atoms with van der Waals surface area (Å²) in [5.41, 5.74) is 5.58. The second kappa shape index (κ2) is 10.6. The van der Waals surface area contributed by atoms with Gasteiger partial charge >= 0.3 is 0 Å². The monoisotopic (exact) mass is 500 g/mol. The third kappa shape index (κ3) is 6.70. The zero-order valence-corrected chi connectivity index (χ0v) is 20.3. The number of sulfonamides is 1. The third-order valence-electron chi connectivity index (χ3n) is 6.41. The normalized spacial score (nSPS) is 19.2. The number of rotatable bonds is 9. The van der Waals surface area contributed by atoms with Gasteiger partial charge in [-0.25, -0.2) is 8.42 Å². The number of nitrogens with two attached hydrogens (primary N) is 1. The number of guanidine groups is 1. The number of hydrogen-bond donors (Lipinski definition) is 5. The average Bonchev–Trinajstić information content (AvgIpc) is 3.66. The van der Waals surface area contributed by atoms with E-state index in [4.69, 9.17) is 11.1 Å². The number of carbonyl (C=O) groups excluding carboxylic acids is 2. The summed E-state index contributed by atoms with van der Waals surface area (Å²) in [6.07, 6.45) is 3.14. The van der Waals surface area contributed by atoms with Crippen LogP contribution in [0.3, 0.4) is 0 Å². The van der Waals surface area contributed by atoms with Gasteiger partial charge in [0.15, 0.2) is 5.96 Å². The van der Waals surface area contributed by atoms with Gasteiger partial charge in [-0.1, -0.05) is 30.3 Å². The maximum atomic E-state index is 13.1. The standard InChI is InChI=1S/C24H32N6O4S/c25-24(26)30-11-3-4-16(15-30)14-27-22(31)13-21(23(32)28-19-8-9-19)29-35(33,34)20-10-7-17-5-1-2-6-18(17)12-20/h1-2,5-7,10,12,16,19,21,29H,3-4,8-9,11,13-15H2,(H3,25,26)(H,27,31)(H,28,32)/t16-,21?/m0/s1. The van der Waals surface area contributed by atoms with Crippen LogP contribution in [-0.2, 0) is 19.6 Å². The van der Waals surface area contributed by atoms with Gasteiger partial charge in [-0.05, 0) is 54.5 Å². The van der Waals surface area contributed by atoms with Crippen LogP contribution in [0, 0.1) is 11.3 Å². The summed E-state index contributed by atoms with van der Waals surface area (Å²) < 4.78 is 28.7. The lowest BCUT2D eigenvalue weighted by molar-refractivity contribution is -0.128. The Hall–Kier alpha value is -3.18. The second-order valence-corrected chi connectivity index (χ2v) is 11.0. The van der Waals surface area contributed by atoms with Crippen LogP contribution in [0.2, 0.25) is 0 Å². The summed E-state index contributed by atoms with van der Waals surface area (Å²) in [6.45, 7) is 1.67. The van der Waals surface area contributed by atoms with Gasteiger partial charge in [0.1, 0.15) is 6.04 Å². The van der Waals surface area contributed by atoms with Crippen molar-refractivity contribution in [2.75, 3.05) is 19.6 Å². The predicted molar refractivity (Wildman–Crippen MR) is 133 cm³/mol. The highest BCUT2D eigenvalue weighted by atomic mass is 32.2. The Kier molecular flexibility index (Phi) is 7.56. The molecule has 11 heteroatoms. The van der Waals surface area contributed by atoms with Gasteiger partial charge < -0.3 is 21.3 Å². The van der Waals surface area contributed by atoms with Crippen molar-refractivity contribution in [3.8, 4) is 0 Å². The molecule has 1 heterocycles. The minimum Gasteiger partial charge on any atom is -0.370 e. The van der Waals surface area contributed by atoms with Gasteiger partial charge in [-0.3, -0.25) is 15.0 Å². The van der Waals surface area contributed by atoms with Crippen molar-refractivity contribution in [2.24, 2.45) is 11.7 Å². The molecule has 188 valence electrons. The lowest BCUT2D eigenvalue weighted by atomic mass is 9.98. The molecule has 2 atom stereocenters. The van der Waals surface area contributed by atoms with E-state index in [1.165, 1.54) is 6.07 Å². The lowest BCUT2D eigenvalue weighted by Gasteiger charge is -2.33. The molecule has 1 saturated carbocycles. The Morgan fingerprint density at radius 3 is 2.57 bits per heavy atom. The molecular weight excluding hydrogens is 468 g/mol. The van der Waals surface area contributed by atoms with Gasteiger partial charge in [-0.2, -0.15) is 4.72 Å². The molecule has 35 heavy (non-hydrogen) atoms. The summed E-state index contributed by atoms with van der Waals surface area (Å²) >= 11 is 0. The number of amides is 2. The van der Waals surface area contributed by atoms with Crippen LogP contribution in [0.4, 0.5) is 0 Å². The zero-order valence-electron chi connectivity index (χ0n) is 19.5. The number of carbonyl (C=O) groups is 2. The van der Waals surface area contributed by atoms with E-state index in [1.807, 2.05) is 24.3 Å². The van der Waals surface area contributed by atoms with Gasteiger partial charge in [0.05, 0.1) is 11.3 Å².